The Morgan fingerprint density at radius 2 is 1.92 bits per heavy atom. The van der Waals surface area contributed by atoms with Crippen molar-refractivity contribution in [2.75, 3.05) is 34.3 Å². The van der Waals surface area contributed by atoms with Crippen molar-refractivity contribution in [1.82, 2.24) is 19.8 Å². The lowest BCUT2D eigenvalue weighted by molar-refractivity contribution is 0.217. The lowest BCUT2D eigenvalue weighted by Crippen LogP contribution is -2.32. The number of methoxy groups -OCH3 is 1. The summed E-state index contributed by atoms with van der Waals surface area (Å²) in [5, 5.41) is 0. The van der Waals surface area contributed by atoms with Crippen LogP contribution < -0.4 is 4.74 Å². The van der Waals surface area contributed by atoms with E-state index in [9.17, 15) is 8.78 Å². The second-order valence-corrected chi connectivity index (χ2v) is 6.03. The Hall–Kier alpha value is -1.99. The van der Waals surface area contributed by atoms with Crippen molar-refractivity contribution in [2.45, 2.75) is 20.0 Å². The first-order chi connectivity index (χ1) is 11.4. The molecular weight excluding hydrogens is 314 g/mol. The van der Waals surface area contributed by atoms with Crippen LogP contribution in [0.3, 0.4) is 0 Å². The monoisotopic (exact) mass is 338 g/mol. The highest BCUT2D eigenvalue weighted by atomic mass is 19.2. The van der Waals surface area contributed by atoms with Crippen LogP contribution in [0.25, 0.3) is 0 Å². The molecule has 1 aromatic carbocycles. The third kappa shape index (κ3) is 4.52. The van der Waals surface area contributed by atoms with Gasteiger partial charge in [0.25, 0.3) is 0 Å². The molecule has 5 nitrogen and oxygen atoms in total. The normalized spacial score (nSPS) is 11.5. The Kier molecular flexibility index (Phi) is 6.28. The van der Waals surface area contributed by atoms with E-state index in [4.69, 9.17) is 4.74 Å². The molecule has 0 spiro atoms. The van der Waals surface area contributed by atoms with Crippen LogP contribution in [0, 0.1) is 18.6 Å². The summed E-state index contributed by atoms with van der Waals surface area (Å²) in [6.45, 7) is 4.21. The molecule has 24 heavy (non-hydrogen) atoms. The van der Waals surface area contributed by atoms with E-state index in [0.29, 0.717) is 18.8 Å². The van der Waals surface area contributed by atoms with Gasteiger partial charge in [0, 0.05) is 37.4 Å². The number of aromatic amines is 1. The third-order valence-corrected chi connectivity index (χ3v) is 3.93. The third-order valence-electron chi connectivity index (χ3n) is 3.93. The molecule has 132 valence electrons. The lowest BCUT2D eigenvalue weighted by atomic mass is 10.1. The average molecular weight is 338 g/mol. The van der Waals surface area contributed by atoms with Crippen molar-refractivity contribution in [1.29, 1.82) is 0 Å². The second-order valence-electron chi connectivity index (χ2n) is 6.03. The van der Waals surface area contributed by atoms with Crippen molar-refractivity contribution in [3.63, 3.8) is 0 Å². The van der Waals surface area contributed by atoms with E-state index in [1.165, 1.54) is 13.2 Å². The molecule has 0 aliphatic carbocycles. The number of benzene rings is 1. The van der Waals surface area contributed by atoms with Crippen molar-refractivity contribution < 1.29 is 13.5 Å². The predicted molar refractivity (Wildman–Crippen MR) is 88.9 cm³/mol. The minimum atomic E-state index is -0.866. The topological polar surface area (TPSA) is 44.4 Å². The number of H-pyrrole nitrogens is 1. The van der Waals surface area contributed by atoms with Gasteiger partial charge in [-0.2, -0.15) is 0 Å². The van der Waals surface area contributed by atoms with Gasteiger partial charge in [-0.25, -0.2) is 13.8 Å². The fourth-order valence-corrected chi connectivity index (χ4v) is 2.45. The molecule has 0 fully saturated rings. The molecule has 2 rings (SSSR count). The zero-order valence-electron chi connectivity index (χ0n) is 14.6. The number of nitrogens with one attached hydrogen (secondary N) is 1. The maximum atomic E-state index is 14.3. The maximum absolute atomic E-state index is 14.3. The van der Waals surface area contributed by atoms with Gasteiger partial charge in [0.2, 0.25) is 0 Å². The van der Waals surface area contributed by atoms with E-state index in [0.717, 1.165) is 24.0 Å². The summed E-state index contributed by atoms with van der Waals surface area (Å²) in [5.41, 5.74) is 2.09. The fourth-order valence-electron chi connectivity index (χ4n) is 2.45. The summed E-state index contributed by atoms with van der Waals surface area (Å²) in [6, 6.07) is 2.54. The molecule has 0 bridgehead atoms. The van der Waals surface area contributed by atoms with E-state index in [2.05, 4.69) is 9.97 Å². The van der Waals surface area contributed by atoms with E-state index in [1.807, 2.05) is 30.8 Å². The van der Waals surface area contributed by atoms with E-state index < -0.39 is 11.6 Å². The molecule has 0 radical (unpaired) electrons. The first-order valence-corrected chi connectivity index (χ1v) is 7.79. The number of rotatable bonds is 8. The first kappa shape index (κ1) is 18.4. The smallest absolute Gasteiger partial charge is 0.167 e. The van der Waals surface area contributed by atoms with Gasteiger partial charge in [0.05, 0.1) is 19.1 Å². The molecule has 2 aromatic rings. The van der Waals surface area contributed by atoms with Crippen LogP contribution in [0.15, 0.2) is 18.5 Å². The van der Waals surface area contributed by atoms with Crippen LogP contribution in [0.2, 0.25) is 0 Å². The highest BCUT2D eigenvalue weighted by Crippen LogP contribution is 2.25. The van der Waals surface area contributed by atoms with Gasteiger partial charge in [-0.1, -0.05) is 0 Å². The first-order valence-electron chi connectivity index (χ1n) is 7.79. The number of halogens is 2. The van der Waals surface area contributed by atoms with Gasteiger partial charge in [0.15, 0.2) is 11.6 Å². The van der Waals surface area contributed by atoms with Crippen LogP contribution in [0.4, 0.5) is 8.78 Å². The van der Waals surface area contributed by atoms with Crippen molar-refractivity contribution in [2.24, 2.45) is 0 Å². The van der Waals surface area contributed by atoms with Gasteiger partial charge in [0.1, 0.15) is 5.75 Å². The summed E-state index contributed by atoms with van der Waals surface area (Å²) in [6.07, 6.45) is 1.64. The second kappa shape index (κ2) is 8.21. The molecule has 0 saturated heterocycles. The molecule has 0 atom stereocenters. The minimum Gasteiger partial charge on any atom is -0.496 e. The molecule has 1 N–H and O–H groups in total. The number of ether oxygens (including phenoxy) is 1. The van der Waals surface area contributed by atoms with Crippen molar-refractivity contribution >= 4 is 0 Å². The summed E-state index contributed by atoms with van der Waals surface area (Å²) in [4.78, 5) is 11.4. The van der Waals surface area contributed by atoms with Crippen LogP contribution in [-0.4, -0.2) is 54.1 Å². The molecule has 0 aliphatic rings. The lowest BCUT2D eigenvalue weighted by Gasteiger charge is -2.25. The number of hydrogen-bond donors (Lipinski definition) is 1. The van der Waals surface area contributed by atoms with Crippen molar-refractivity contribution in [3.05, 3.63) is 47.0 Å². The van der Waals surface area contributed by atoms with Crippen LogP contribution >= 0.6 is 0 Å². The molecule has 0 amide bonds. The molecule has 0 aliphatic heterocycles. The Morgan fingerprint density at radius 3 is 2.50 bits per heavy atom. The molecule has 0 saturated carbocycles. The standard InChI is InChI=1S/C17H24F2N4O/c1-12-15(21-11-20-12)10-23(8-7-22(2)3)9-13-16(24-4)6-5-14(18)17(13)19/h5-6,11H,7-10H2,1-4H3,(H,20,21). The Bertz CT molecular complexity index is 673. The van der Waals surface area contributed by atoms with E-state index in [-0.39, 0.29) is 12.1 Å². The SMILES string of the molecule is COc1ccc(F)c(F)c1CN(CCN(C)C)Cc1nc[nH]c1C. The van der Waals surface area contributed by atoms with Crippen LogP contribution in [0.1, 0.15) is 17.0 Å². The Morgan fingerprint density at radius 1 is 1.17 bits per heavy atom. The molecule has 7 heteroatoms. The summed E-state index contributed by atoms with van der Waals surface area (Å²) < 4.78 is 33.1. The zero-order valence-corrected chi connectivity index (χ0v) is 14.6. The number of nitrogens with zero attached hydrogens (tertiary/aromatic N) is 3. The highest BCUT2D eigenvalue weighted by Gasteiger charge is 2.19. The quantitative estimate of drug-likeness (QED) is 0.803. The minimum absolute atomic E-state index is 0.226. The van der Waals surface area contributed by atoms with Gasteiger partial charge in [-0.3, -0.25) is 4.90 Å². The molecule has 1 heterocycles. The fraction of sp³-hybridized carbons (Fsp3) is 0.471. The highest BCUT2D eigenvalue weighted by molar-refractivity contribution is 5.35. The average Bonchev–Trinajstić information content (AvgIpc) is 2.94. The Labute approximate surface area is 141 Å². The molecule has 0 unspecified atom stereocenters. The summed E-state index contributed by atoms with van der Waals surface area (Å²) in [5.74, 6) is -1.38. The van der Waals surface area contributed by atoms with Crippen molar-refractivity contribution in [3.8, 4) is 5.75 Å². The predicted octanol–water partition coefficient (Wildman–Crippen LogP) is 2.57. The van der Waals surface area contributed by atoms with Crippen LogP contribution in [0.5, 0.6) is 5.75 Å². The number of hydrogen-bond acceptors (Lipinski definition) is 4. The number of imidazole rings is 1. The van der Waals surface area contributed by atoms with Gasteiger partial charge >= 0.3 is 0 Å². The molecular formula is C17H24F2N4O. The van der Waals surface area contributed by atoms with Gasteiger partial charge < -0.3 is 14.6 Å². The number of aryl methyl sites for hydroxylation is 1. The summed E-state index contributed by atoms with van der Waals surface area (Å²) >= 11 is 0. The largest absolute Gasteiger partial charge is 0.496 e. The van der Waals surface area contributed by atoms with Gasteiger partial charge in [-0.15, -0.1) is 0 Å². The summed E-state index contributed by atoms with van der Waals surface area (Å²) in [7, 11) is 5.40. The number of likely N-dealkylation sites (N-methyl/N-ethyl adjacent to an activating group) is 1. The van der Waals surface area contributed by atoms with Crippen LogP contribution in [-0.2, 0) is 13.1 Å². The molecule has 1 aromatic heterocycles. The maximum Gasteiger partial charge on any atom is 0.167 e. The van der Waals surface area contributed by atoms with E-state index >= 15 is 0 Å². The van der Waals surface area contributed by atoms with E-state index in [1.54, 1.807) is 6.33 Å². The zero-order chi connectivity index (χ0) is 17.7. The number of aromatic nitrogens is 2. The van der Waals surface area contributed by atoms with Gasteiger partial charge in [-0.05, 0) is 33.2 Å². The Balaban J connectivity index is 2.24.